The molecule has 0 fully saturated rings. The van der Waals surface area contributed by atoms with Gasteiger partial charge in [0.05, 0.1) is 24.4 Å². The lowest BCUT2D eigenvalue weighted by atomic mass is 9.78. The van der Waals surface area contributed by atoms with Gasteiger partial charge in [-0.15, -0.1) is 0 Å². The van der Waals surface area contributed by atoms with E-state index in [0.29, 0.717) is 0 Å². The number of carbonyl (C=O) groups is 4. The zero-order chi connectivity index (χ0) is 42.9. The number of pyridine rings is 2. The third-order valence-corrected chi connectivity index (χ3v) is 10.0. The summed E-state index contributed by atoms with van der Waals surface area (Å²) in [6.07, 6.45) is 6.09. The van der Waals surface area contributed by atoms with Gasteiger partial charge in [-0.1, -0.05) is 72.8 Å². The molecule has 3 N–H and O–H groups in total. The first kappa shape index (κ1) is 47.0. The number of benzene rings is 2. The number of aromatic nitrogens is 2. The van der Waals surface area contributed by atoms with Crippen LogP contribution in [-0.2, 0) is 19.2 Å². The van der Waals surface area contributed by atoms with E-state index in [1.807, 2.05) is 144 Å². The molecule has 0 aliphatic heterocycles. The molecule has 4 rings (SSSR count). The summed E-state index contributed by atoms with van der Waals surface area (Å²) in [4.78, 5) is 64.1. The fourth-order valence-electron chi connectivity index (χ4n) is 7.72. The molecule has 0 aliphatic rings. The van der Waals surface area contributed by atoms with Crippen LogP contribution in [0.25, 0.3) is 0 Å². The van der Waals surface area contributed by atoms with Crippen molar-refractivity contribution in [3.8, 4) is 0 Å². The van der Waals surface area contributed by atoms with Gasteiger partial charge in [0.1, 0.15) is 0 Å². The summed E-state index contributed by atoms with van der Waals surface area (Å²) >= 11 is 0. The third-order valence-electron chi connectivity index (χ3n) is 10.0. The van der Waals surface area contributed by atoms with E-state index in [2.05, 4.69) is 15.3 Å². The fourth-order valence-corrected chi connectivity index (χ4v) is 7.72. The second-order valence-electron chi connectivity index (χ2n) is 15.9. The minimum Gasteiger partial charge on any atom is -0.481 e. The number of carboxylic acids is 1. The van der Waals surface area contributed by atoms with Gasteiger partial charge in [-0.05, 0) is 96.7 Å². The van der Waals surface area contributed by atoms with Crippen molar-refractivity contribution in [2.45, 2.75) is 129 Å². The van der Waals surface area contributed by atoms with E-state index in [9.17, 15) is 29.4 Å². The molecule has 3 amide bonds. The molecule has 312 valence electrons. The Morgan fingerprint density at radius 1 is 0.552 bits per heavy atom. The molecule has 4 aromatic rings. The highest BCUT2D eigenvalue weighted by Gasteiger charge is 2.38. The smallest absolute Gasteiger partial charge is 0.304 e. The number of hydrogen-bond donors (Lipinski definition) is 3. The molecule has 0 radical (unpaired) electrons. The molecule has 11 nitrogen and oxygen atoms in total. The zero-order valence-electron chi connectivity index (χ0n) is 35.5. The fraction of sp³-hybridized carbons (Fsp3) is 0.447. The number of amides is 3. The van der Waals surface area contributed by atoms with Crippen LogP contribution in [0, 0.1) is 0 Å². The van der Waals surface area contributed by atoms with Crippen molar-refractivity contribution in [2.24, 2.45) is 0 Å². The molecule has 11 heteroatoms. The number of nitrogens with one attached hydrogen (secondary N) is 1. The predicted octanol–water partition coefficient (Wildman–Crippen LogP) is 7.55. The van der Waals surface area contributed by atoms with Gasteiger partial charge in [0.25, 0.3) is 0 Å². The molecular formula is C47H63N5O6. The lowest BCUT2D eigenvalue weighted by Gasteiger charge is -2.37. The topological polar surface area (TPSA) is 153 Å². The second kappa shape index (κ2) is 23.1. The molecule has 0 bridgehead atoms. The number of carbonyl (C=O) groups excluding carboxylic acids is 3. The first-order valence-corrected chi connectivity index (χ1v) is 20.3. The normalized spacial score (nSPS) is 13.8. The third kappa shape index (κ3) is 13.6. The Hall–Kier alpha value is -5.42. The van der Waals surface area contributed by atoms with Crippen LogP contribution in [-0.4, -0.2) is 90.5 Å². The number of aliphatic hydroxyl groups excluding tert-OH is 1. The molecule has 58 heavy (non-hydrogen) atoms. The molecular weight excluding hydrogens is 731 g/mol. The van der Waals surface area contributed by atoms with E-state index >= 15 is 0 Å². The Bertz CT molecular complexity index is 1820. The summed E-state index contributed by atoms with van der Waals surface area (Å²) < 4.78 is 0. The van der Waals surface area contributed by atoms with Crippen LogP contribution in [0.4, 0.5) is 0 Å². The molecule has 2 heterocycles. The van der Waals surface area contributed by atoms with Crippen LogP contribution >= 0.6 is 0 Å². The summed E-state index contributed by atoms with van der Waals surface area (Å²) in [5.41, 5.74) is 3.29. The SMILES string of the molecule is CC(C)N(C(=O)C(c1cccnc1)C(CC(=O)O)c1ccccc1)C(C)C.CC(O)CNC(=O)CC(c1ccccc1)C(C(=O)N(C(C)C)C(C)C)c1cccnc1. The summed E-state index contributed by atoms with van der Waals surface area (Å²) in [6, 6.07) is 26.5. The van der Waals surface area contributed by atoms with Crippen molar-refractivity contribution in [3.63, 3.8) is 0 Å². The average molecular weight is 794 g/mol. The van der Waals surface area contributed by atoms with Crippen LogP contribution in [0.2, 0.25) is 0 Å². The van der Waals surface area contributed by atoms with Crippen molar-refractivity contribution < 1.29 is 29.4 Å². The van der Waals surface area contributed by atoms with Crippen molar-refractivity contribution in [1.82, 2.24) is 25.1 Å². The highest BCUT2D eigenvalue weighted by Crippen LogP contribution is 2.39. The number of aliphatic hydroxyl groups is 1. The van der Waals surface area contributed by atoms with Gasteiger partial charge in [-0.3, -0.25) is 29.1 Å². The van der Waals surface area contributed by atoms with Gasteiger partial charge >= 0.3 is 5.97 Å². The lowest BCUT2D eigenvalue weighted by molar-refractivity contribution is -0.140. The molecule has 2 aromatic heterocycles. The highest BCUT2D eigenvalue weighted by molar-refractivity contribution is 5.88. The number of carboxylic acid groups (broad SMARTS) is 1. The number of hydrogen-bond acceptors (Lipinski definition) is 7. The van der Waals surface area contributed by atoms with Crippen molar-refractivity contribution >= 4 is 23.7 Å². The van der Waals surface area contributed by atoms with Gasteiger partial charge in [0.15, 0.2) is 0 Å². The monoisotopic (exact) mass is 793 g/mol. The van der Waals surface area contributed by atoms with Gasteiger partial charge in [-0.2, -0.15) is 0 Å². The van der Waals surface area contributed by atoms with E-state index in [1.165, 1.54) is 0 Å². The Balaban J connectivity index is 0.000000313. The van der Waals surface area contributed by atoms with E-state index in [4.69, 9.17) is 0 Å². The van der Waals surface area contributed by atoms with E-state index in [1.54, 1.807) is 37.8 Å². The number of rotatable bonds is 18. The van der Waals surface area contributed by atoms with Crippen molar-refractivity contribution in [2.75, 3.05) is 6.54 Å². The van der Waals surface area contributed by atoms with Gasteiger partial charge in [0.2, 0.25) is 17.7 Å². The standard InChI is InChI=1S/C25H35N3O3.C22H28N2O3/c1-17(2)28(18(3)4)25(31)24(21-12-9-13-26-16-21)22(20-10-7-6-8-11-20)14-23(30)27-15-19(5)29;1-15(2)24(16(3)4)22(27)21(18-11-8-12-23-14-18)19(13-20(25)26)17-9-6-5-7-10-17/h6-13,16-19,22,24,29H,14-15H2,1-5H3,(H,27,30);5-12,14-16,19,21H,13H2,1-4H3,(H,25,26). The van der Waals surface area contributed by atoms with E-state index < -0.39 is 29.8 Å². The van der Waals surface area contributed by atoms with E-state index in [0.717, 1.165) is 22.3 Å². The van der Waals surface area contributed by atoms with E-state index in [-0.39, 0.29) is 67.2 Å². The van der Waals surface area contributed by atoms with Crippen LogP contribution in [0.1, 0.15) is 121 Å². The first-order valence-electron chi connectivity index (χ1n) is 20.3. The summed E-state index contributed by atoms with van der Waals surface area (Å²) in [6.45, 7) is 17.7. The Morgan fingerprint density at radius 3 is 1.22 bits per heavy atom. The predicted molar refractivity (Wildman–Crippen MR) is 228 cm³/mol. The Morgan fingerprint density at radius 2 is 0.914 bits per heavy atom. The number of aliphatic carboxylic acids is 1. The molecule has 0 spiro atoms. The zero-order valence-corrected chi connectivity index (χ0v) is 35.5. The van der Waals surface area contributed by atoms with Crippen molar-refractivity contribution in [3.05, 3.63) is 132 Å². The Labute approximate surface area is 344 Å². The van der Waals surface area contributed by atoms with Crippen LogP contribution in [0.3, 0.4) is 0 Å². The van der Waals surface area contributed by atoms with Crippen LogP contribution < -0.4 is 5.32 Å². The maximum Gasteiger partial charge on any atom is 0.304 e. The van der Waals surface area contributed by atoms with Gasteiger partial charge in [-0.25, -0.2) is 0 Å². The van der Waals surface area contributed by atoms with Crippen molar-refractivity contribution in [1.29, 1.82) is 0 Å². The highest BCUT2D eigenvalue weighted by atomic mass is 16.4. The maximum absolute atomic E-state index is 13.9. The summed E-state index contributed by atoms with van der Waals surface area (Å²) in [5, 5.41) is 21.9. The molecule has 2 aromatic carbocycles. The molecule has 0 saturated carbocycles. The second-order valence-corrected chi connectivity index (χ2v) is 15.9. The quantitative estimate of drug-likeness (QED) is 0.0934. The molecule has 5 atom stereocenters. The largest absolute Gasteiger partial charge is 0.481 e. The average Bonchev–Trinajstić information content (AvgIpc) is 3.17. The van der Waals surface area contributed by atoms with Gasteiger partial charge in [0, 0.05) is 73.8 Å². The molecule has 5 unspecified atom stereocenters. The van der Waals surface area contributed by atoms with Crippen LogP contribution in [0.5, 0.6) is 0 Å². The maximum atomic E-state index is 13.9. The van der Waals surface area contributed by atoms with Crippen LogP contribution in [0.15, 0.2) is 110 Å². The minimum atomic E-state index is -0.925. The Kier molecular flexibility index (Phi) is 18.7. The first-order chi connectivity index (χ1) is 27.5. The number of nitrogens with zero attached hydrogens (tertiary/aromatic N) is 4. The summed E-state index contributed by atoms with van der Waals surface area (Å²) in [5.74, 6) is -3.21. The minimum absolute atomic E-state index is 0.0120. The van der Waals surface area contributed by atoms with Gasteiger partial charge < -0.3 is 25.3 Å². The summed E-state index contributed by atoms with van der Waals surface area (Å²) in [7, 11) is 0. The lowest BCUT2D eigenvalue weighted by Crippen LogP contribution is -2.46. The molecule has 0 saturated heterocycles. The molecule has 0 aliphatic carbocycles.